The fraction of sp³-hybridized carbons (Fsp3) is 0.533. The van der Waals surface area contributed by atoms with Gasteiger partial charge in [0.05, 0.1) is 5.69 Å². The van der Waals surface area contributed by atoms with Crippen LogP contribution in [0, 0.1) is 12.8 Å². The number of rotatable bonds is 1. The van der Waals surface area contributed by atoms with Crippen molar-refractivity contribution in [3.8, 4) is 0 Å². The third-order valence-electron chi connectivity index (χ3n) is 4.32. The van der Waals surface area contributed by atoms with Crippen molar-refractivity contribution in [3.05, 3.63) is 29.3 Å². The van der Waals surface area contributed by atoms with Crippen molar-refractivity contribution in [2.24, 2.45) is 5.92 Å². The van der Waals surface area contributed by atoms with Gasteiger partial charge < -0.3 is 10.4 Å². The number of hydrogen-bond donors (Lipinski definition) is 2. The molecule has 3 rings (SSSR count). The van der Waals surface area contributed by atoms with E-state index >= 15 is 0 Å². The summed E-state index contributed by atoms with van der Waals surface area (Å²) in [6.45, 7) is 5.64. The number of nitrogens with zero attached hydrogens (tertiary/aromatic N) is 1. The van der Waals surface area contributed by atoms with Crippen LogP contribution in [-0.2, 0) is 10.5 Å². The Balaban J connectivity index is 2.04. The van der Waals surface area contributed by atoms with Crippen LogP contribution in [-0.4, -0.2) is 29.0 Å². The van der Waals surface area contributed by atoms with Crippen molar-refractivity contribution in [2.45, 2.75) is 32.4 Å². The second-order valence-corrected chi connectivity index (χ2v) is 5.82. The van der Waals surface area contributed by atoms with Gasteiger partial charge in [0.25, 0.3) is 5.91 Å². The van der Waals surface area contributed by atoms with Gasteiger partial charge in [-0.15, -0.1) is 0 Å². The molecule has 4 nitrogen and oxygen atoms in total. The fourth-order valence-corrected chi connectivity index (χ4v) is 3.24. The molecule has 0 aromatic heterocycles. The number of fused-ring (bicyclic) bond motifs is 1. The summed E-state index contributed by atoms with van der Waals surface area (Å²) in [5.41, 5.74) is 0.974. The van der Waals surface area contributed by atoms with Crippen molar-refractivity contribution < 1.29 is 9.90 Å². The van der Waals surface area contributed by atoms with Crippen molar-refractivity contribution >= 4 is 11.6 Å². The minimum absolute atomic E-state index is 0.314. The van der Waals surface area contributed by atoms with Crippen molar-refractivity contribution in [2.75, 3.05) is 18.4 Å². The van der Waals surface area contributed by atoms with E-state index in [0.717, 1.165) is 37.2 Å². The summed E-state index contributed by atoms with van der Waals surface area (Å²) in [6.07, 6.45) is 2.19. The molecule has 0 radical (unpaired) electrons. The van der Waals surface area contributed by atoms with Gasteiger partial charge in [-0.25, -0.2) is 0 Å². The topological polar surface area (TPSA) is 52.6 Å². The highest BCUT2D eigenvalue weighted by Crippen LogP contribution is 2.41. The van der Waals surface area contributed by atoms with E-state index in [1.165, 1.54) is 0 Å². The number of anilines is 1. The average Bonchev–Trinajstić information content (AvgIpc) is 2.65. The monoisotopic (exact) mass is 260 g/mol. The predicted molar refractivity (Wildman–Crippen MR) is 73.7 cm³/mol. The van der Waals surface area contributed by atoms with Gasteiger partial charge in [0.15, 0.2) is 0 Å². The van der Waals surface area contributed by atoms with E-state index in [0.29, 0.717) is 11.5 Å². The average molecular weight is 260 g/mol. The lowest BCUT2D eigenvalue weighted by Crippen LogP contribution is -2.54. The zero-order valence-corrected chi connectivity index (χ0v) is 11.4. The molecule has 2 atom stereocenters. The van der Waals surface area contributed by atoms with Gasteiger partial charge in [0, 0.05) is 18.7 Å². The van der Waals surface area contributed by atoms with Gasteiger partial charge >= 0.3 is 0 Å². The number of nitrogens with one attached hydrogen (secondary N) is 1. The van der Waals surface area contributed by atoms with Crippen LogP contribution in [0.15, 0.2) is 18.2 Å². The molecule has 2 aliphatic rings. The maximum Gasteiger partial charge on any atom is 0.276 e. The van der Waals surface area contributed by atoms with Gasteiger partial charge in [0.1, 0.15) is 0 Å². The molecule has 1 saturated heterocycles. The molecular weight excluding hydrogens is 240 g/mol. The lowest BCUT2D eigenvalue weighted by molar-refractivity contribution is -0.163. The summed E-state index contributed by atoms with van der Waals surface area (Å²) < 4.78 is 0. The predicted octanol–water partition coefficient (Wildman–Crippen LogP) is 1.82. The van der Waals surface area contributed by atoms with E-state index in [1.54, 1.807) is 0 Å². The minimum atomic E-state index is -1.49. The number of benzene rings is 1. The number of aliphatic hydroxyl groups is 1. The van der Waals surface area contributed by atoms with Crippen molar-refractivity contribution in [1.29, 1.82) is 0 Å². The highest BCUT2D eigenvalue weighted by atomic mass is 16.3. The van der Waals surface area contributed by atoms with E-state index in [9.17, 15) is 9.90 Å². The van der Waals surface area contributed by atoms with Gasteiger partial charge in [0.2, 0.25) is 5.72 Å². The molecule has 4 heteroatoms. The van der Waals surface area contributed by atoms with E-state index in [1.807, 2.05) is 30.0 Å². The van der Waals surface area contributed by atoms with Gasteiger partial charge in [-0.2, -0.15) is 0 Å². The molecule has 1 amide bonds. The Kier molecular flexibility index (Phi) is 2.87. The minimum Gasteiger partial charge on any atom is -0.364 e. The SMILES string of the molecule is Cc1cccc2c1NC(=O)[C@@]2(O)N1CCC[C@@H](C)C1. The Bertz CT molecular complexity index is 529. The summed E-state index contributed by atoms with van der Waals surface area (Å²) in [7, 11) is 0. The molecule has 0 unspecified atom stereocenters. The van der Waals surface area contributed by atoms with Crippen LogP contribution >= 0.6 is 0 Å². The molecule has 2 aliphatic heterocycles. The highest BCUT2D eigenvalue weighted by molar-refractivity contribution is 6.05. The number of carbonyl (C=O) groups is 1. The smallest absolute Gasteiger partial charge is 0.276 e. The van der Waals surface area contributed by atoms with Crippen LogP contribution in [0.3, 0.4) is 0 Å². The van der Waals surface area contributed by atoms with E-state index in [2.05, 4.69) is 12.2 Å². The number of piperidine rings is 1. The van der Waals surface area contributed by atoms with Crippen LogP contribution in [0.5, 0.6) is 0 Å². The number of aryl methyl sites for hydroxylation is 1. The van der Waals surface area contributed by atoms with Crippen LogP contribution in [0.4, 0.5) is 5.69 Å². The first kappa shape index (κ1) is 12.6. The molecule has 0 aliphatic carbocycles. The summed E-state index contributed by atoms with van der Waals surface area (Å²) in [5.74, 6) is 0.199. The largest absolute Gasteiger partial charge is 0.364 e. The zero-order valence-electron chi connectivity index (χ0n) is 11.4. The van der Waals surface area contributed by atoms with Crippen molar-refractivity contribution in [3.63, 3.8) is 0 Å². The Hall–Kier alpha value is -1.39. The summed E-state index contributed by atoms with van der Waals surface area (Å²) in [4.78, 5) is 14.2. The maximum atomic E-state index is 12.3. The first-order chi connectivity index (χ1) is 9.03. The van der Waals surface area contributed by atoms with E-state index in [-0.39, 0.29) is 5.91 Å². The number of hydrogen-bond acceptors (Lipinski definition) is 3. The van der Waals surface area contributed by atoms with E-state index in [4.69, 9.17) is 0 Å². The first-order valence-electron chi connectivity index (χ1n) is 6.92. The zero-order chi connectivity index (χ0) is 13.6. The lowest BCUT2D eigenvalue weighted by Gasteiger charge is -2.39. The standard InChI is InChI=1S/C15H20N2O2/c1-10-5-4-8-17(9-10)15(19)12-7-3-6-11(2)13(12)16-14(15)18/h3,6-7,10,19H,4-5,8-9H2,1-2H3,(H,16,18)/t10-,15-/m1/s1. The summed E-state index contributed by atoms with van der Waals surface area (Å²) in [5, 5.41) is 13.8. The molecule has 0 saturated carbocycles. The molecule has 2 N–H and O–H groups in total. The maximum absolute atomic E-state index is 12.3. The van der Waals surface area contributed by atoms with Crippen LogP contribution in [0.1, 0.15) is 30.9 Å². The van der Waals surface area contributed by atoms with Crippen LogP contribution in [0.2, 0.25) is 0 Å². The highest BCUT2D eigenvalue weighted by Gasteiger charge is 2.51. The second kappa shape index (κ2) is 4.32. The Morgan fingerprint density at radius 1 is 1.47 bits per heavy atom. The van der Waals surface area contributed by atoms with E-state index < -0.39 is 5.72 Å². The normalized spacial score (nSPS) is 31.1. The Labute approximate surface area is 113 Å². The van der Waals surface area contributed by atoms with Gasteiger partial charge in [-0.05, 0) is 31.2 Å². The molecule has 102 valence electrons. The number of likely N-dealkylation sites (tertiary alicyclic amines) is 1. The Morgan fingerprint density at radius 2 is 2.26 bits per heavy atom. The van der Waals surface area contributed by atoms with Crippen LogP contribution in [0.25, 0.3) is 0 Å². The number of amides is 1. The third kappa shape index (κ3) is 1.78. The molecule has 0 bridgehead atoms. The Morgan fingerprint density at radius 3 is 3.00 bits per heavy atom. The summed E-state index contributed by atoms with van der Waals surface area (Å²) in [6, 6.07) is 5.69. The fourth-order valence-electron chi connectivity index (χ4n) is 3.24. The second-order valence-electron chi connectivity index (χ2n) is 5.82. The van der Waals surface area contributed by atoms with Gasteiger partial charge in [-0.1, -0.05) is 25.1 Å². The molecule has 2 heterocycles. The van der Waals surface area contributed by atoms with Crippen molar-refractivity contribution in [1.82, 2.24) is 4.90 Å². The first-order valence-corrected chi connectivity index (χ1v) is 6.92. The number of carbonyl (C=O) groups excluding carboxylic acids is 1. The lowest BCUT2D eigenvalue weighted by atomic mass is 9.94. The molecule has 19 heavy (non-hydrogen) atoms. The molecule has 1 fully saturated rings. The molecular formula is C15H20N2O2. The van der Waals surface area contributed by atoms with Crippen LogP contribution < -0.4 is 5.32 Å². The van der Waals surface area contributed by atoms with Gasteiger partial charge in [-0.3, -0.25) is 9.69 Å². The number of para-hydroxylation sites is 1. The summed E-state index contributed by atoms with van der Waals surface area (Å²) >= 11 is 0. The third-order valence-corrected chi connectivity index (χ3v) is 4.32. The molecule has 1 aromatic carbocycles. The molecule has 0 spiro atoms. The quantitative estimate of drug-likeness (QED) is 0.810. The molecule has 1 aromatic rings.